The standard InChI is InChI=1S/C17H29NO3/c1-11(2)12-7-5-6-10-15(12)18-16(19)13-8-3-4-9-14(13)17(20)21/h11-15H,3-10H2,1-2H3,(H,18,19)(H,20,21)/t12?,13-,14+,15?/m1/s1. The number of rotatable bonds is 4. The smallest absolute Gasteiger partial charge is 0.307 e. The fraction of sp³-hybridized carbons (Fsp3) is 0.882. The van der Waals surface area contributed by atoms with Crippen molar-refractivity contribution in [2.24, 2.45) is 23.7 Å². The highest BCUT2D eigenvalue weighted by molar-refractivity contribution is 5.85. The quantitative estimate of drug-likeness (QED) is 0.837. The zero-order valence-corrected chi connectivity index (χ0v) is 13.3. The molecule has 0 saturated heterocycles. The molecule has 4 heteroatoms. The predicted molar refractivity (Wildman–Crippen MR) is 81.8 cm³/mol. The summed E-state index contributed by atoms with van der Waals surface area (Å²) in [6.45, 7) is 4.44. The van der Waals surface area contributed by atoms with Crippen molar-refractivity contribution >= 4 is 11.9 Å². The molecule has 0 spiro atoms. The lowest BCUT2D eigenvalue weighted by Gasteiger charge is -2.37. The average molecular weight is 295 g/mol. The minimum atomic E-state index is -0.807. The molecule has 0 bridgehead atoms. The van der Waals surface area contributed by atoms with Crippen LogP contribution in [0.15, 0.2) is 0 Å². The molecule has 2 unspecified atom stereocenters. The van der Waals surface area contributed by atoms with E-state index in [1.165, 1.54) is 19.3 Å². The lowest BCUT2D eigenvalue weighted by molar-refractivity contribution is -0.149. The molecule has 2 aliphatic rings. The molecule has 0 aromatic heterocycles. The Hall–Kier alpha value is -1.06. The second kappa shape index (κ2) is 7.28. The summed E-state index contributed by atoms with van der Waals surface area (Å²) in [6, 6.07) is 0.239. The van der Waals surface area contributed by atoms with Gasteiger partial charge >= 0.3 is 5.97 Å². The van der Waals surface area contributed by atoms with Gasteiger partial charge in [-0.3, -0.25) is 9.59 Å². The number of carbonyl (C=O) groups excluding carboxylic acids is 1. The molecule has 4 nitrogen and oxygen atoms in total. The van der Waals surface area contributed by atoms with Gasteiger partial charge in [-0.15, -0.1) is 0 Å². The number of nitrogens with one attached hydrogen (secondary N) is 1. The zero-order valence-electron chi connectivity index (χ0n) is 13.3. The van der Waals surface area contributed by atoms with Crippen LogP contribution in [0.25, 0.3) is 0 Å². The Morgan fingerprint density at radius 1 is 0.952 bits per heavy atom. The number of carbonyl (C=O) groups is 2. The molecule has 0 heterocycles. The molecule has 21 heavy (non-hydrogen) atoms. The van der Waals surface area contributed by atoms with Crippen molar-refractivity contribution in [3.63, 3.8) is 0 Å². The van der Waals surface area contributed by atoms with E-state index in [-0.39, 0.29) is 17.9 Å². The Kier molecular flexibility index (Phi) is 5.65. The first-order chi connectivity index (χ1) is 10.0. The lowest BCUT2D eigenvalue weighted by Crippen LogP contribution is -2.48. The summed E-state index contributed by atoms with van der Waals surface area (Å²) in [5.41, 5.74) is 0. The highest BCUT2D eigenvalue weighted by Gasteiger charge is 2.37. The molecule has 4 atom stereocenters. The number of carboxylic acids is 1. The Labute approximate surface area is 127 Å². The number of hydrogen-bond acceptors (Lipinski definition) is 2. The van der Waals surface area contributed by atoms with Crippen LogP contribution in [0.2, 0.25) is 0 Å². The van der Waals surface area contributed by atoms with E-state index in [0.29, 0.717) is 18.3 Å². The first-order valence-corrected chi connectivity index (χ1v) is 8.54. The van der Waals surface area contributed by atoms with E-state index in [0.717, 1.165) is 25.7 Å². The van der Waals surface area contributed by atoms with E-state index in [9.17, 15) is 14.7 Å². The maximum Gasteiger partial charge on any atom is 0.307 e. The van der Waals surface area contributed by atoms with Gasteiger partial charge in [-0.05, 0) is 37.5 Å². The van der Waals surface area contributed by atoms with Gasteiger partial charge in [-0.1, -0.05) is 39.5 Å². The Morgan fingerprint density at radius 3 is 2.14 bits per heavy atom. The third-order valence-corrected chi connectivity index (χ3v) is 5.42. The van der Waals surface area contributed by atoms with Gasteiger partial charge in [-0.25, -0.2) is 0 Å². The number of amides is 1. The van der Waals surface area contributed by atoms with E-state index >= 15 is 0 Å². The van der Waals surface area contributed by atoms with Crippen molar-refractivity contribution in [2.75, 3.05) is 0 Å². The summed E-state index contributed by atoms with van der Waals surface area (Å²) < 4.78 is 0. The Balaban J connectivity index is 1.99. The van der Waals surface area contributed by atoms with Crippen molar-refractivity contribution in [2.45, 2.75) is 71.3 Å². The molecular formula is C17H29NO3. The highest BCUT2D eigenvalue weighted by Crippen LogP contribution is 2.33. The number of aliphatic carboxylic acids is 1. The molecular weight excluding hydrogens is 266 g/mol. The second-order valence-corrected chi connectivity index (χ2v) is 7.14. The van der Waals surface area contributed by atoms with Crippen LogP contribution in [-0.4, -0.2) is 23.0 Å². The first kappa shape index (κ1) is 16.3. The van der Waals surface area contributed by atoms with Crippen molar-refractivity contribution in [1.29, 1.82) is 0 Å². The van der Waals surface area contributed by atoms with Crippen molar-refractivity contribution < 1.29 is 14.7 Å². The third kappa shape index (κ3) is 3.98. The van der Waals surface area contributed by atoms with Crippen molar-refractivity contribution in [3.05, 3.63) is 0 Å². The van der Waals surface area contributed by atoms with Gasteiger partial charge in [0.2, 0.25) is 5.91 Å². The van der Waals surface area contributed by atoms with Crippen LogP contribution >= 0.6 is 0 Å². The van der Waals surface area contributed by atoms with Crippen LogP contribution in [0, 0.1) is 23.7 Å². The van der Waals surface area contributed by atoms with E-state index in [4.69, 9.17) is 0 Å². The van der Waals surface area contributed by atoms with Crippen LogP contribution in [0.3, 0.4) is 0 Å². The Bertz CT molecular complexity index is 380. The van der Waals surface area contributed by atoms with Gasteiger partial charge < -0.3 is 10.4 Å². The van der Waals surface area contributed by atoms with Gasteiger partial charge in [0.25, 0.3) is 0 Å². The molecule has 120 valence electrons. The van der Waals surface area contributed by atoms with Gasteiger partial charge in [0.05, 0.1) is 11.8 Å². The van der Waals surface area contributed by atoms with Crippen LogP contribution in [0.5, 0.6) is 0 Å². The van der Waals surface area contributed by atoms with E-state index in [1.54, 1.807) is 0 Å². The molecule has 2 N–H and O–H groups in total. The minimum absolute atomic E-state index is 0.0142. The molecule has 0 aromatic carbocycles. The largest absolute Gasteiger partial charge is 0.481 e. The second-order valence-electron chi connectivity index (χ2n) is 7.14. The van der Waals surface area contributed by atoms with Crippen LogP contribution in [-0.2, 0) is 9.59 Å². The van der Waals surface area contributed by atoms with Gasteiger partial charge in [-0.2, -0.15) is 0 Å². The summed E-state index contributed by atoms with van der Waals surface area (Å²) in [6.07, 6.45) is 7.90. The van der Waals surface area contributed by atoms with Crippen LogP contribution < -0.4 is 5.32 Å². The first-order valence-electron chi connectivity index (χ1n) is 8.54. The molecule has 2 fully saturated rings. The van der Waals surface area contributed by atoms with Crippen molar-refractivity contribution in [3.8, 4) is 0 Å². The molecule has 2 aliphatic carbocycles. The molecule has 2 saturated carbocycles. The van der Waals surface area contributed by atoms with E-state index in [1.807, 2.05) is 0 Å². The van der Waals surface area contributed by atoms with E-state index in [2.05, 4.69) is 19.2 Å². The summed E-state index contributed by atoms with van der Waals surface area (Å²) in [5, 5.41) is 12.5. The average Bonchev–Trinajstić information content (AvgIpc) is 2.47. The minimum Gasteiger partial charge on any atom is -0.481 e. The Morgan fingerprint density at radius 2 is 1.52 bits per heavy atom. The zero-order chi connectivity index (χ0) is 15.4. The number of carboxylic acid groups (broad SMARTS) is 1. The van der Waals surface area contributed by atoms with Crippen molar-refractivity contribution in [1.82, 2.24) is 5.32 Å². The fourth-order valence-electron chi connectivity index (χ4n) is 4.17. The summed E-state index contributed by atoms with van der Waals surface area (Å²) >= 11 is 0. The van der Waals surface area contributed by atoms with Gasteiger partial charge in [0.15, 0.2) is 0 Å². The lowest BCUT2D eigenvalue weighted by atomic mass is 9.76. The summed E-state index contributed by atoms with van der Waals surface area (Å²) in [7, 11) is 0. The third-order valence-electron chi connectivity index (χ3n) is 5.42. The maximum atomic E-state index is 12.6. The molecule has 0 radical (unpaired) electrons. The molecule has 0 aliphatic heterocycles. The molecule has 2 rings (SSSR count). The highest BCUT2D eigenvalue weighted by atomic mass is 16.4. The summed E-state index contributed by atoms with van der Waals surface area (Å²) in [4.78, 5) is 23.9. The molecule has 0 aromatic rings. The van der Waals surface area contributed by atoms with Gasteiger partial charge in [0.1, 0.15) is 0 Å². The fourth-order valence-corrected chi connectivity index (χ4v) is 4.17. The normalized spacial score (nSPS) is 33.7. The van der Waals surface area contributed by atoms with Crippen LogP contribution in [0.1, 0.15) is 65.2 Å². The maximum absolute atomic E-state index is 12.6. The molecule has 1 amide bonds. The van der Waals surface area contributed by atoms with E-state index < -0.39 is 11.9 Å². The summed E-state index contributed by atoms with van der Waals surface area (Å²) in [5.74, 6) is -0.531. The number of hydrogen-bond donors (Lipinski definition) is 2. The van der Waals surface area contributed by atoms with Crippen LogP contribution in [0.4, 0.5) is 0 Å². The predicted octanol–water partition coefficient (Wildman–Crippen LogP) is 3.21. The monoisotopic (exact) mass is 295 g/mol. The topological polar surface area (TPSA) is 66.4 Å². The SMILES string of the molecule is CC(C)C1CCCCC1NC(=O)[C@@H]1CCCC[C@@H]1C(=O)O. The van der Waals surface area contributed by atoms with Gasteiger partial charge in [0, 0.05) is 6.04 Å².